The molecule has 7 nitrogen and oxygen atoms in total. The highest BCUT2D eigenvalue weighted by Gasteiger charge is 2.53. The van der Waals surface area contributed by atoms with E-state index >= 15 is 0 Å². The molecule has 9 heteroatoms. The number of halogens is 1. The van der Waals surface area contributed by atoms with E-state index in [1.54, 1.807) is 28.8 Å². The van der Waals surface area contributed by atoms with Gasteiger partial charge < -0.3 is 15.0 Å². The number of pyridine rings is 1. The van der Waals surface area contributed by atoms with E-state index in [4.69, 9.17) is 16.3 Å². The normalized spacial score (nSPS) is 25.5. The lowest BCUT2D eigenvalue weighted by atomic mass is 10.2. The van der Waals surface area contributed by atoms with Gasteiger partial charge in [0.2, 0.25) is 5.91 Å². The molecule has 2 aliphatic rings. The van der Waals surface area contributed by atoms with Crippen molar-refractivity contribution in [3.05, 3.63) is 23.5 Å². The van der Waals surface area contributed by atoms with E-state index in [1.807, 2.05) is 6.92 Å². The van der Waals surface area contributed by atoms with Crippen LogP contribution in [0.3, 0.4) is 0 Å². The van der Waals surface area contributed by atoms with Crippen molar-refractivity contribution in [2.45, 2.75) is 30.7 Å². The quantitative estimate of drug-likeness (QED) is 0.641. The summed E-state index contributed by atoms with van der Waals surface area (Å²) in [5.74, 6) is -0.638. The molecule has 2 saturated heterocycles. The average Bonchev–Trinajstić information content (AvgIpc) is 3.04. The monoisotopic (exact) mass is 369 g/mol. The van der Waals surface area contributed by atoms with Crippen LogP contribution in [0.5, 0.6) is 0 Å². The number of aromatic nitrogens is 1. The van der Waals surface area contributed by atoms with Crippen molar-refractivity contribution in [1.82, 2.24) is 9.88 Å². The zero-order valence-corrected chi connectivity index (χ0v) is 14.5. The molecule has 0 unspecified atom stereocenters. The lowest BCUT2D eigenvalue weighted by Crippen LogP contribution is -2.47. The van der Waals surface area contributed by atoms with Crippen LogP contribution in [-0.4, -0.2) is 50.9 Å². The van der Waals surface area contributed by atoms with Crippen LogP contribution in [0.25, 0.3) is 0 Å². The zero-order chi connectivity index (χ0) is 17.3. The van der Waals surface area contributed by atoms with Crippen LogP contribution in [0.2, 0.25) is 5.15 Å². The van der Waals surface area contributed by atoms with Crippen molar-refractivity contribution in [3.63, 3.8) is 0 Å². The predicted molar refractivity (Wildman–Crippen MR) is 89.6 cm³/mol. The Morgan fingerprint density at radius 1 is 1.58 bits per heavy atom. The first kappa shape index (κ1) is 17.0. The number of thioether (sulfide) groups is 1. The third kappa shape index (κ3) is 3.21. The van der Waals surface area contributed by atoms with E-state index in [9.17, 15) is 14.4 Å². The number of anilines is 1. The van der Waals surface area contributed by atoms with Gasteiger partial charge >= 0.3 is 5.97 Å². The summed E-state index contributed by atoms with van der Waals surface area (Å²) in [4.78, 5) is 41.2. The van der Waals surface area contributed by atoms with E-state index < -0.39 is 24.5 Å². The molecule has 2 atom stereocenters. The third-order valence-electron chi connectivity index (χ3n) is 4.10. The fraction of sp³-hybridized carbons (Fsp3) is 0.467. The molecule has 0 bridgehead atoms. The molecule has 3 heterocycles. The number of esters is 1. The Hall–Kier alpha value is -1.80. The molecule has 1 N–H and O–H groups in total. The maximum absolute atomic E-state index is 12.3. The molecule has 2 aliphatic heterocycles. The summed E-state index contributed by atoms with van der Waals surface area (Å²) in [7, 11) is 0. The average molecular weight is 370 g/mol. The van der Waals surface area contributed by atoms with Crippen LogP contribution < -0.4 is 5.32 Å². The maximum atomic E-state index is 12.3. The highest BCUT2D eigenvalue weighted by molar-refractivity contribution is 8.01. The number of ether oxygens (including phenoxy) is 1. The first-order valence-electron chi connectivity index (χ1n) is 7.44. The molecule has 2 fully saturated rings. The van der Waals surface area contributed by atoms with E-state index in [2.05, 4.69) is 10.3 Å². The summed E-state index contributed by atoms with van der Waals surface area (Å²) in [5.41, 5.74) is 0.346. The van der Waals surface area contributed by atoms with E-state index in [0.717, 1.165) is 6.42 Å². The van der Waals surface area contributed by atoms with Gasteiger partial charge in [0.15, 0.2) is 11.8 Å². The summed E-state index contributed by atoms with van der Waals surface area (Å²) in [6.45, 7) is 1.51. The first-order valence-corrected chi connectivity index (χ1v) is 8.80. The SMILES string of the molecule is C[C@@]12CCC(=O)N1[C@@H](C(=O)OCC(=O)Nc1cccnc1Cl)CS2. The lowest BCUT2D eigenvalue weighted by Gasteiger charge is -2.29. The second-order valence-electron chi connectivity index (χ2n) is 5.76. The number of rotatable bonds is 4. The van der Waals surface area contributed by atoms with Crippen molar-refractivity contribution < 1.29 is 19.1 Å². The van der Waals surface area contributed by atoms with Crippen molar-refractivity contribution in [3.8, 4) is 0 Å². The Bertz CT molecular complexity index is 701. The highest BCUT2D eigenvalue weighted by atomic mass is 35.5. The number of carbonyl (C=O) groups is 3. The molecule has 0 aliphatic carbocycles. The summed E-state index contributed by atoms with van der Waals surface area (Å²) in [6.07, 6.45) is 2.66. The molecule has 0 aromatic carbocycles. The molecule has 0 radical (unpaired) electrons. The van der Waals surface area contributed by atoms with Crippen molar-refractivity contribution >= 4 is 46.8 Å². The smallest absolute Gasteiger partial charge is 0.330 e. The van der Waals surface area contributed by atoms with Gasteiger partial charge in [-0.1, -0.05) is 11.6 Å². The van der Waals surface area contributed by atoms with Gasteiger partial charge in [-0.3, -0.25) is 9.59 Å². The summed E-state index contributed by atoms with van der Waals surface area (Å²) < 4.78 is 5.08. The van der Waals surface area contributed by atoms with Gasteiger partial charge in [-0.15, -0.1) is 11.8 Å². The van der Waals surface area contributed by atoms with Crippen LogP contribution in [-0.2, 0) is 19.1 Å². The van der Waals surface area contributed by atoms with Crippen molar-refractivity contribution in [2.24, 2.45) is 0 Å². The number of nitrogens with zero attached hydrogens (tertiary/aromatic N) is 2. The Morgan fingerprint density at radius 3 is 3.12 bits per heavy atom. The topological polar surface area (TPSA) is 88.6 Å². The largest absolute Gasteiger partial charge is 0.454 e. The molecule has 24 heavy (non-hydrogen) atoms. The highest BCUT2D eigenvalue weighted by Crippen LogP contribution is 2.47. The van der Waals surface area contributed by atoms with E-state index in [1.165, 1.54) is 6.20 Å². The van der Waals surface area contributed by atoms with Gasteiger partial charge in [-0.05, 0) is 25.5 Å². The minimum atomic E-state index is -0.634. The van der Waals surface area contributed by atoms with Crippen LogP contribution in [0.4, 0.5) is 5.69 Å². The van der Waals surface area contributed by atoms with E-state index in [0.29, 0.717) is 17.9 Å². The number of hydrogen-bond donors (Lipinski definition) is 1. The number of nitrogens with one attached hydrogen (secondary N) is 1. The van der Waals surface area contributed by atoms with Crippen LogP contribution in [0.15, 0.2) is 18.3 Å². The molecule has 2 amide bonds. The minimum Gasteiger partial charge on any atom is -0.454 e. The summed E-state index contributed by atoms with van der Waals surface area (Å²) >= 11 is 7.42. The molecule has 128 valence electrons. The van der Waals surface area contributed by atoms with Gasteiger partial charge in [0.05, 0.1) is 10.6 Å². The molecular weight excluding hydrogens is 354 g/mol. The van der Waals surface area contributed by atoms with Gasteiger partial charge in [-0.25, -0.2) is 9.78 Å². The van der Waals surface area contributed by atoms with Gasteiger partial charge in [-0.2, -0.15) is 0 Å². The van der Waals surface area contributed by atoms with Crippen LogP contribution in [0, 0.1) is 0 Å². The first-order chi connectivity index (χ1) is 11.4. The van der Waals surface area contributed by atoms with Gasteiger partial charge in [0.25, 0.3) is 5.91 Å². The fourth-order valence-corrected chi connectivity index (χ4v) is 4.48. The molecule has 1 aromatic rings. The molecular formula is C15H16ClN3O4S. The molecule has 0 saturated carbocycles. The Balaban J connectivity index is 1.55. The fourth-order valence-electron chi connectivity index (χ4n) is 2.89. The van der Waals surface area contributed by atoms with Crippen molar-refractivity contribution in [1.29, 1.82) is 0 Å². The van der Waals surface area contributed by atoms with Crippen molar-refractivity contribution in [2.75, 3.05) is 17.7 Å². The molecule has 3 rings (SSSR count). The number of fused-ring (bicyclic) bond motifs is 1. The predicted octanol–water partition coefficient (Wildman–Crippen LogP) is 1.67. The number of hydrogen-bond acceptors (Lipinski definition) is 6. The number of amides is 2. The summed E-state index contributed by atoms with van der Waals surface area (Å²) in [6, 6.07) is 2.59. The molecule has 0 spiro atoms. The number of carbonyl (C=O) groups excluding carboxylic acids is 3. The van der Waals surface area contributed by atoms with Crippen LogP contribution >= 0.6 is 23.4 Å². The lowest BCUT2D eigenvalue weighted by molar-refractivity contribution is -0.155. The second-order valence-corrected chi connectivity index (χ2v) is 7.62. The maximum Gasteiger partial charge on any atom is 0.330 e. The summed E-state index contributed by atoms with van der Waals surface area (Å²) in [5, 5.41) is 2.68. The van der Waals surface area contributed by atoms with E-state index in [-0.39, 0.29) is 15.9 Å². The van der Waals surface area contributed by atoms with Gasteiger partial charge in [0.1, 0.15) is 6.04 Å². The zero-order valence-electron chi connectivity index (χ0n) is 13.0. The molecule has 1 aromatic heterocycles. The Labute approximate surface area is 148 Å². The second kappa shape index (κ2) is 6.60. The Morgan fingerprint density at radius 2 is 2.38 bits per heavy atom. The third-order valence-corrected chi connectivity index (χ3v) is 5.90. The van der Waals surface area contributed by atoms with Crippen LogP contribution in [0.1, 0.15) is 19.8 Å². The standard InChI is InChI=1S/C15H16ClN3O4S/c1-15-5-4-12(21)19(15)10(8-24-15)14(22)23-7-11(20)18-9-3-2-6-17-13(9)16/h2-3,6,10H,4-5,7-8H2,1H3,(H,18,20)/t10-,15-/m1/s1. The van der Waals surface area contributed by atoms with Gasteiger partial charge in [0, 0.05) is 18.4 Å². The Kier molecular flexibility index (Phi) is 4.69. The minimum absolute atomic E-state index is 0.0453.